The molecule has 1 saturated heterocycles. The molecule has 3 aromatic rings. The Morgan fingerprint density at radius 3 is 2.66 bits per heavy atom. The molecule has 2 amide bonds. The molecule has 29 heavy (non-hydrogen) atoms. The van der Waals surface area contributed by atoms with Crippen molar-refractivity contribution in [3.63, 3.8) is 0 Å². The molecule has 4 rings (SSSR count). The van der Waals surface area contributed by atoms with Gasteiger partial charge in [-0.25, -0.2) is 9.18 Å². The fourth-order valence-corrected chi connectivity index (χ4v) is 3.34. The Balaban J connectivity index is 1.52. The lowest BCUT2D eigenvalue weighted by atomic mass is 10.0. The van der Waals surface area contributed by atoms with Crippen molar-refractivity contribution < 1.29 is 13.7 Å². The Morgan fingerprint density at radius 1 is 1.17 bits per heavy atom. The summed E-state index contributed by atoms with van der Waals surface area (Å²) in [6.07, 6.45) is 2.54. The van der Waals surface area contributed by atoms with E-state index in [1.165, 1.54) is 12.1 Å². The van der Waals surface area contributed by atoms with Gasteiger partial charge in [-0.3, -0.25) is 0 Å². The quantitative estimate of drug-likeness (QED) is 0.709. The predicted octanol–water partition coefficient (Wildman–Crippen LogP) is 4.51. The molecule has 0 aliphatic carbocycles. The number of hydrogen-bond acceptors (Lipinski definition) is 5. The van der Waals surface area contributed by atoms with E-state index < -0.39 is 0 Å². The van der Waals surface area contributed by atoms with Crippen LogP contribution in [0.15, 0.2) is 53.1 Å². The van der Waals surface area contributed by atoms with Crippen LogP contribution in [0.4, 0.5) is 14.9 Å². The maximum atomic E-state index is 13.1. The third-order valence-electron chi connectivity index (χ3n) is 4.86. The molecule has 1 N–H and O–H groups in total. The molecular formula is C21H18FN5O2. The van der Waals surface area contributed by atoms with E-state index in [9.17, 15) is 9.18 Å². The molecule has 1 aliphatic rings. The second-order valence-corrected chi connectivity index (χ2v) is 6.79. The third kappa shape index (κ3) is 4.09. The van der Waals surface area contributed by atoms with Crippen molar-refractivity contribution in [1.82, 2.24) is 15.0 Å². The molecule has 1 atom stereocenters. The smallest absolute Gasteiger partial charge is 0.322 e. The molecule has 1 unspecified atom stereocenters. The van der Waals surface area contributed by atoms with Gasteiger partial charge in [0.05, 0.1) is 11.6 Å². The van der Waals surface area contributed by atoms with Gasteiger partial charge in [-0.2, -0.15) is 10.2 Å². The maximum absolute atomic E-state index is 13.1. The van der Waals surface area contributed by atoms with Crippen LogP contribution in [0, 0.1) is 17.1 Å². The number of anilines is 1. The first-order valence-electron chi connectivity index (χ1n) is 9.31. The highest BCUT2D eigenvalue weighted by atomic mass is 19.1. The highest BCUT2D eigenvalue weighted by Crippen LogP contribution is 2.31. The normalized spacial score (nSPS) is 16.3. The Bertz CT molecular complexity index is 1040. The van der Waals surface area contributed by atoms with Gasteiger partial charge in [0.2, 0.25) is 11.7 Å². The fraction of sp³-hybridized carbons (Fsp3) is 0.238. The van der Waals surface area contributed by atoms with Crippen LogP contribution in [0.25, 0.3) is 11.4 Å². The van der Waals surface area contributed by atoms with Gasteiger partial charge >= 0.3 is 6.03 Å². The van der Waals surface area contributed by atoms with Crippen LogP contribution in [0.1, 0.15) is 36.8 Å². The van der Waals surface area contributed by atoms with Crippen LogP contribution in [-0.4, -0.2) is 27.6 Å². The molecule has 146 valence electrons. The second-order valence-electron chi connectivity index (χ2n) is 6.79. The monoisotopic (exact) mass is 391 g/mol. The number of nitrogens with zero attached hydrogens (tertiary/aromatic N) is 4. The SMILES string of the molecule is N#Cc1ccc(NC(=O)N2CCCCC2c2nc(-c3ccc(F)cc3)no2)cc1. The average molecular weight is 391 g/mol. The van der Waals surface area contributed by atoms with Crippen molar-refractivity contribution in [1.29, 1.82) is 5.26 Å². The Morgan fingerprint density at radius 2 is 1.93 bits per heavy atom. The highest BCUT2D eigenvalue weighted by molar-refractivity contribution is 5.89. The Labute approximate surface area is 166 Å². The minimum Gasteiger partial charge on any atom is -0.337 e. The van der Waals surface area contributed by atoms with Crippen LogP contribution < -0.4 is 5.32 Å². The molecule has 1 aromatic heterocycles. The summed E-state index contributed by atoms with van der Waals surface area (Å²) in [6, 6.07) is 14.0. The van der Waals surface area contributed by atoms with E-state index in [1.807, 2.05) is 6.07 Å². The van der Waals surface area contributed by atoms with E-state index in [-0.39, 0.29) is 17.9 Å². The van der Waals surface area contributed by atoms with Crippen LogP contribution in [-0.2, 0) is 0 Å². The maximum Gasteiger partial charge on any atom is 0.322 e. The van der Waals surface area contributed by atoms with Crippen molar-refractivity contribution in [2.24, 2.45) is 0 Å². The largest absolute Gasteiger partial charge is 0.337 e. The van der Waals surface area contributed by atoms with E-state index in [0.29, 0.717) is 41.5 Å². The van der Waals surface area contributed by atoms with Gasteiger partial charge in [0.1, 0.15) is 11.9 Å². The van der Waals surface area contributed by atoms with E-state index in [1.54, 1.807) is 41.3 Å². The van der Waals surface area contributed by atoms with Gasteiger partial charge in [-0.15, -0.1) is 0 Å². The number of urea groups is 1. The van der Waals surface area contributed by atoms with E-state index >= 15 is 0 Å². The number of amides is 2. The highest BCUT2D eigenvalue weighted by Gasteiger charge is 2.32. The van der Waals surface area contributed by atoms with Crippen molar-refractivity contribution in [2.45, 2.75) is 25.3 Å². The van der Waals surface area contributed by atoms with E-state index in [4.69, 9.17) is 9.78 Å². The molecule has 7 nitrogen and oxygen atoms in total. The van der Waals surface area contributed by atoms with Crippen molar-refractivity contribution in [3.8, 4) is 17.5 Å². The number of nitriles is 1. The lowest BCUT2D eigenvalue weighted by Gasteiger charge is -2.33. The minimum absolute atomic E-state index is 0.263. The Hall–Kier alpha value is -3.73. The zero-order chi connectivity index (χ0) is 20.2. The molecule has 0 spiro atoms. The molecule has 2 aromatic carbocycles. The lowest BCUT2D eigenvalue weighted by molar-refractivity contribution is 0.142. The summed E-state index contributed by atoms with van der Waals surface area (Å²) in [5, 5.41) is 15.7. The molecule has 2 heterocycles. The number of hydrogen-bond donors (Lipinski definition) is 1. The van der Waals surface area contributed by atoms with Gasteiger partial charge < -0.3 is 14.7 Å². The summed E-state index contributed by atoms with van der Waals surface area (Å²) in [7, 11) is 0. The number of piperidine rings is 1. The number of carbonyl (C=O) groups excluding carboxylic acids is 1. The number of aromatic nitrogens is 2. The summed E-state index contributed by atoms with van der Waals surface area (Å²) in [5.41, 5.74) is 1.78. The molecule has 8 heteroatoms. The predicted molar refractivity (Wildman–Crippen MR) is 103 cm³/mol. The molecule has 0 bridgehead atoms. The van der Waals surface area contributed by atoms with Crippen molar-refractivity contribution >= 4 is 11.7 Å². The van der Waals surface area contributed by atoms with Gasteiger partial charge in [-0.1, -0.05) is 5.16 Å². The summed E-state index contributed by atoms with van der Waals surface area (Å²) in [6.45, 7) is 0.570. The van der Waals surface area contributed by atoms with E-state index in [2.05, 4.69) is 15.5 Å². The standard InChI is InChI=1S/C21H18FN5O2/c22-16-8-6-15(7-9-16)19-25-20(29-26-19)18-3-1-2-12-27(18)21(28)24-17-10-4-14(13-23)5-11-17/h4-11,18H,1-3,12H2,(H,24,28). The lowest BCUT2D eigenvalue weighted by Crippen LogP contribution is -2.41. The number of likely N-dealkylation sites (tertiary alicyclic amines) is 1. The number of rotatable bonds is 3. The van der Waals surface area contributed by atoms with Gasteiger partial charge in [0, 0.05) is 17.8 Å². The first-order chi connectivity index (χ1) is 14.1. The van der Waals surface area contributed by atoms with Crippen molar-refractivity contribution in [3.05, 3.63) is 65.8 Å². The molecular weight excluding hydrogens is 373 g/mol. The van der Waals surface area contributed by atoms with Gasteiger partial charge in [0.15, 0.2) is 0 Å². The van der Waals surface area contributed by atoms with Crippen LogP contribution in [0.5, 0.6) is 0 Å². The Kier molecular flexibility index (Phi) is 5.20. The second kappa shape index (κ2) is 8.10. The minimum atomic E-state index is -0.338. The summed E-state index contributed by atoms with van der Waals surface area (Å²) in [4.78, 5) is 19.0. The number of benzene rings is 2. The summed E-state index contributed by atoms with van der Waals surface area (Å²) >= 11 is 0. The van der Waals surface area contributed by atoms with Gasteiger partial charge in [-0.05, 0) is 67.8 Å². The molecule has 0 radical (unpaired) electrons. The zero-order valence-corrected chi connectivity index (χ0v) is 15.5. The molecule has 0 saturated carbocycles. The van der Waals surface area contributed by atoms with E-state index in [0.717, 1.165) is 12.8 Å². The number of halogens is 1. The summed E-state index contributed by atoms with van der Waals surface area (Å²) < 4.78 is 18.6. The summed E-state index contributed by atoms with van der Waals surface area (Å²) in [5.74, 6) is 0.382. The van der Waals surface area contributed by atoms with Crippen molar-refractivity contribution in [2.75, 3.05) is 11.9 Å². The molecule has 1 aliphatic heterocycles. The molecule has 1 fully saturated rings. The van der Waals surface area contributed by atoms with Crippen LogP contribution in [0.3, 0.4) is 0 Å². The average Bonchev–Trinajstić information content (AvgIpc) is 3.25. The first kappa shape index (κ1) is 18.6. The third-order valence-corrected chi connectivity index (χ3v) is 4.86. The fourth-order valence-electron chi connectivity index (χ4n) is 3.34. The van der Waals surface area contributed by atoms with Crippen LogP contribution >= 0.6 is 0 Å². The topological polar surface area (TPSA) is 95.1 Å². The number of nitrogens with one attached hydrogen (secondary N) is 1. The first-order valence-corrected chi connectivity index (χ1v) is 9.31. The van der Waals surface area contributed by atoms with Crippen LogP contribution in [0.2, 0.25) is 0 Å². The zero-order valence-electron chi connectivity index (χ0n) is 15.5. The van der Waals surface area contributed by atoms with Gasteiger partial charge in [0.25, 0.3) is 0 Å². The number of carbonyl (C=O) groups is 1.